The van der Waals surface area contributed by atoms with E-state index in [9.17, 15) is 8.42 Å². The smallest absolute Gasteiger partial charge is 0.213 e. The number of aromatic nitrogens is 3. The van der Waals surface area contributed by atoms with Crippen molar-refractivity contribution in [3.05, 3.63) is 42.2 Å². The molecule has 0 unspecified atom stereocenters. The molecule has 8 heteroatoms. The Balaban J connectivity index is 2.01. The maximum atomic E-state index is 13.2. The van der Waals surface area contributed by atoms with Crippen LogP contribution in [0.5, 0.6) is 0 Å². The molecule has 1 aliphatic rings. The van der Waals surface area contributed by atoms with Gasteiger partial charge in [0.05, 0.1) is 10.6 Å². The molecular formula is C17H17N3O2S3. The van der Waals surface area contributed by atoms with Crippen molar-refractivity contribution in [2.45, 2.75) is 38.5 Å². The molecule has 3 aromatic rings. The van der Waals surface area contributed by atoms with Gasteiger partial charge in [-0.3, -0.25) is 0 Å². The fraction of sp³-hybridized carbons (Fsp3) is 0.294. The van der Waals surface area contributed by atoms with E-state index in [0.717, 1.165) is 23.4 Å². The van der Waals surface area contributed by atoms with E-state index in [-0.39, 0.29) is 9.79 Å². The highest BCUT2D eigenvalue weighted by atomic mass is 32.2. The lowest BCUT2D eigenvalue weighted by atomic mass is 10.3. The van der Waals surface area contributed by atoms with Crippen molar-refractivity contribution in [3.63, 3.8) is 0 Å². The van der Waals surface area contributed by atoms with Gasteiger partial charge in [-0.1, -0.05) is 18.2 Å². The standard InChI is InChI=1S/C17H17N3O2S3/c1-23-13-10-20-16(18-14(13)11-8-9-11)15(17(19-20)24-2)25(21,22)12-6-4-3-5-7-12/h3-7,10-11H,8-9H2,1-2H3. The maximum absolute atomic E-state index is 13.2. The highest BCUT2D eigenvalue weighted by molar-refractivity contribution is 7.99. The molecule has 2 heterocycles. The van der Waals surface area contributed by atoms with Crippen molar-refractivity contribution < 1.29 is 8.42 Å². The Morgan fingerprint density at radius 3 is 2.44 bits per heavy atom. The lowest BCUT2D eigenvalue weighted by molar-refractivity contribution is 0.594. The van der Waals surface area contributed by atoms with Gasteiger partial charge in [-0.25, -0.2) is 17.9 Å². The molecule has 130 valence electrons. The summed E-state index contributed by atoms with van der Waals surface area (Å²) in [5.41, 5.74) is 1.42. The summed E-state index contributed by atoms with van der Waals surface area (Å²) < 4.78 is 28.1. The van der Waals surface area contributed by atoms with Gasteiger partial charge in [0.25, 0.3) is 0 Å². The number of fused-ring (bicyclic) bond motifs is 1. The SMILES string of the molecule is CSc1cn2nc(SC)c(S(=O)(=O)c3ccccc3)c2nc1C1CC1. The Morgan fingerprint density at radius 2 is 1.84 bits per heavy atom. The Labute approximate surface area is 155 Å². The van der Waals surface area contributed by atoms with Crippen molar-refractivity contribution in [1.82, 2.24) is 14.6 Å². The molecule has 0 atom stereocenters. The molecule has 4 rings (SSSR count). The first-order valence-corrected chi connectivity index (χ1v) is 11.8. The Morgan fingerprint density at radius 1 is 1.12 bits per heavy atom. The first kappa shape index (κ1) is 16.9. The summed E-state index contributed by atoms with van der Waals surface area (Å²) >= 11 is 2.95. The second-order valence-corrected chi connectivity index (χ2v) is 9.42. The van der Waals surface area contributed by atoms with Crippen LogP contribution in [-0.4, -0.2) is 35.5 Å². The summed E-state index contributed by atoms with van der Waals surface area (Å²) in [6.45, 7) is 0. The fourth-order valence-corrected chi connectivity index (χ4v) is 5.87. The van der Waals surface area contributed by atoms with E-state index in [1.807, 2.05) is 18.7 Å². The molecule has 0 saturated heterocycles. The summed E-state index contributed by atoms with van der Waals surface area (Å²) in [6.07, 6.45) is 7.98. The van der Waals surface area contributed by atoms with Crippen molar-refractivity contribution >= 4 is 39.0 Å². The normalized spacial score (nSPS) is 15.0. The zero-order chi connectivity index (χ0) is 17.6. The number of thioether (sulfide) groups is 2. The summed E-state index contributed by atoms with van der Waals surface area (Å²) in [5, 5.41) is 4.96. The molecule has 0 aliphatic heterocycles. The fourth-order valence-electron chi connectivity index (χ4n) is 2.82. The number of nitrogens with zero attached hydrogens (tertiary/aromatic N) is 3. The highest BCUT2D eigenvalue weighted by Gasteiger charge is 2.32. The van der Waals surface area contributed by atoms with Crippen LogP contribution in [-0.2, 0) is 9.84 Å². The second-order valence-electron chi connectivity index (χ2n) is 5.89. The molecule has 1 fully saturated rings. The Bertz CT molecular complexity index is 1040. The third-order valence-corrected chi connectivity index (χ3v) is 7.59. The van der Waals surface area contributed by atoms with Gasteiger partial charge in [0, 0.05) is 17.0 Å². The van der Waals surface area contributed by atoms with E-state index in [0.29, 0.717) is 16.6 Å². The zero-order valence-electron chi connectivity index (χ0n) is 13.8. The van der Waals surface area contributed by atoms with Crippen LogP contribution in [0.3, 0.4) is 0 Å². The first-order chi connectivity index (χ1) is 12.1. The number of rotatable bonds is 5. The minimum atomic E-state index is -3.68. The number of benzene rings is 1. The molecule has 0 bridgehead atoms. The van der Waals surface area contributed by atoms with Crippen LogP contribution in [0.1, 0.15) is 24.5 Å². The highest BCUT2D eigenvalue weighted by Crippen LogP contribution is 2.43. The van der Waals surface area contributed by atoms with Crippen LogP contribution >= 0.6 is 23.5 Å². The Hall–Kier alpha value is -1.51. The van der Waals surface area contributed by atoms with Crippen LogP contribution in [0.25, 0.3) is 5.65 Å². The van der Waals surface area contributed by atoms with Crippen LogP contribution < -0.4 is 0 Å². The van der Waals surface area contributed by atoms with Crippen molar-refractivity contribution in [3.8, 4) is 0 Å². The molecule has 25 heavy (non-hydrogen) atoms. The molecule has 5 nitrogen and oxygen atoms in total. The third-order valence-electron chi connectivity index (χ3n) is 4.23. The predicted octanol–water partition coefficient (Wildman–Crippen LogP) is 3.88. The molecule has 0 N–H and O–H groups in total. The predicted molar refractivity (Wildman–Crippen MR) is 100 cm³/mol. The first-order valence-electron chi connectivity index (χ1n) is 7.87. The van der Waals surface area contributed by atoms with Crippen molar-refractivity contribution in [2.75, 3.05) is 12.5 Å². The molecule has 0 amide bonds. The van der Waals surface area contributed by atoms with Crippen LogP contribution in [0.4, 0.5) is 0 Å². The largest absolute Gasteiger partial charge is 0.231 e. The van der Waals surface area contributed by atoms with E-state index in [1.54, 1.807) is 46.6 Å². The molecule has 0 radical (unpaired) electrons. The van der Waals surface area contributed by atoms with E-state index >= 15 is 0 Å². The van der Waals surface area contributed by atoms with Gasteiger partial charge >= 0.3 is 0 Å². The van der Waals surface area contributed by atoms with Gasteiger partial charge in [0.1, 0.15) is 5.03 Å². The molecule has 1 saturated carbocycles. The lowest BCUT2D eigenvalue weighted by Gasteiger charge is -2.08. The topological polar surface area (TPSA) is 64.3 Å². The van der Waals surface area contributed by atoms with Crippen LogP contribution in [0.2, 0.25) is 0 Å². The average Bonchev–Trinajstić information content (AvgIpc) is 3.41. The summed E-state index contributed by atoms with van der Waals surface area (Å²) in [5.74, 6) is 0.437. The van der Waals surface area contributed by atoms with Crippen molar-refractivity contribution in [2.24, 2.45) is 0 Å². The molecule has 0 spiro atoms. The number of hydrogen-bond acceptors (Lipinski definition) is 6. The third kappa shape index (κ3) is 2.86. The van der Waals surface area contributed by atoms with Gasteiger partial charge in [-0.15, -0.1) is 23.5 Å². The van der Waals surface area contributed by atoms with E-state index in [1.165, 1.54) is 11.8 Å². The van der Waals surface area contributed by atoms with Gasteiger partial charge in [-0.05, 0) is 37.5 Å². The molecular weight excluding hydrogens is 374 g/mol. The Kier molecular flexibility index (Phi) is 4.29. The van der Waals surface area contributed by atoms with E-state index in [4.69, 9.17) is 4.98 Å². The number of hydrogen-bond donors (Lipinski definition) is 0. The van der Waals surface area contributed by atoms with Gasteiger partial charge in [-0.2, -0.15) is 5.10 Å². The van der Waals surface area contributed by atoms with Gasteiger partial charge in [0.15, 0.2) is 10.5 Å². The molecule has 1 aliphatic carbocycles. The molecule has 2 aromatic heterocycles. The average molecular weight is 392 g/mol. The van der Waals surface area contributed by atoms with Crippen molar-refractivity contribution in [1.29, 1.82) is 0 Å². The lowest BCUT2D eigenvalue weighted by Crippen LogP contribution is -2.05. The van der Waals surface area contributed by atoms with Crippen LogP contribution in [0.15, 0.2) is 56.2 Å². The minimum Gasteiger partial charge on any atom is -0.231 e. The quantitative estimate of drug-likeness (QED) is 0.615. The van der Waals surface area contributed by atoms with Gasteiger partial charge in [0.2, 0.25) is 9.84 Å². The second kappa shape index (κ2) is 6.34. The molecule has 1 aromatic carbocycles. The monoisotopic (exact) mass is 391 g/mol. The summed E-state index contributed by atoms with van der Waals surface area (Å²) in [6, 6.07) is 8.49. The van der Waals surface area contributed by atoms with Crippen LogP contribution in [0, 0.1) is 0 Å². The minimum absolute atomic E-state index is 0.209. The summed E-state index contributed by atoms with van der Waals surface area (Å²) in [4.78, 5) is 6.30. The maximum Gasteiger partial charge on any atom is 0.213 e. The van der Waals surface area contributed by atoms with E-state index in [2.05, 4.69) is 5.10 Å². The van der Waals surface area contributed by atoms with Gasteiger partial charge < -0.3 is 0 Å². The number of sulfone groups is 1. The zero-order valence-corrected chi connectivity index (χ0v) is 16.3. The summed E-state index contributed by atoms with van der Waals surface area (Å²) in [7, 11) is -3.68. The van der Waals surface area contributed by atoms with E-state index < -0.39 is 9.84 Å².